The first-order valence-electron chi connectivity index (χ1n) is 42.9. The second-order valence-corrected chi connectivity index (χ2v) is 31.9. The van der Waals surface area contributed by atoms with Crippen molar-refractivity contribution in [3.05, 3.63) is 471 Å². The molecule has 3 radical (unpaired) electrons. The molecule has 0 unspecified atom stereocenters. The third-order valence-electron chi connectivity index (χ3n) is 21.2. The van der Waals surface area contributed by atoms with Gasteiger partial charge in [0.05, 0.1) is 17.5 Å². The van der Waals surface area contributed by atoms with E-state index in [9.17, 15) is 0 Å². The van der Waals surface area contributed by atoms with Crippen LogP contribution in [0.4, 0.5) is 0 Å². The van der Waals surface area contributed by atoms with Crippen LogP contribution in [0, 0.1) is 62.1 Å². The first-order chi connectivity index (χ1) is 60.8. The van der Waals surface area contributed by atoms with Crippen molar-refractivity contribution in [3.8, 4) is 51.2 Å². The molecule has 12 aromatic carbocycles. The summed E-state index contributed by atoms with van der Waals surface area (Å²) in [4.78, 5) is 27.2. The molecule has 0 aliphatic carbocycles. The molecule has 0 aliphatic heterocycles. The fourth-order valence-electron chi connectivity index (χ4n) is 15.7. The number of para-hydroxylation sites is 3. The Bertz CT molecular complexity index is 5510. The molecule has 18 rings (SSSR count). The van der Waals surface area contributed by atoms with E-state index in [-0.39, 0.29) is 80.5 Å². The van der Waals surface area contributed by atoms with Crippen molar-refractivity contribution in [3.63, 3.8) is 0 Å². The van der Waals surface area contributed by atoms with Crippen molar-refractivity contribution in [1.29, 1.82) is 0 Å². The van der Waals surface area contributed by atoms with Gasteiger partial charge in [0, 0.05) is 150 Å². The average Bonchev–Trinajstić information content (AvgIpc) is 1.68. The molecule has 639 valence electrons. The minimum absolute atomic E-state index is 0. The van der Waals surface area contributed by atoms with Crippen molar-refractivity contribution in [2.75, 3.05) is 0 Å². The number of pyridine rings is 3. The second-order valence-electron chi connectivity index (χ2n) is 31.9. The number of aryl methyl sites for hydroxylation is 2. The molecule has 0 N–H and O–H groups in total. The first kappa shape index (κ1) is 97.1. The van der Waals surface area contributed by atoms with Crippen molar-refractivity contribution >= 4 is 69.7 Å². The predicted octanol–water partition coefficient (Wildman–Crippen LogP) is 19.5. The fourth-order valence-corrected chi connectivity index (χ4v) is 15.7. The largest absolute Gasteiger partial charge is 0.340 e. The molecular formula is C112H104B3Ir3N9-6. The Morgan fingerprint density at radius 2 is 0.543 bits per heavy atom. The fraction of sp³-hybridized carbons (Fsp3) is 0.143. The van der Waals surface area contributed by atoms with Gasteiger partial charge in [-0.2, -0.15) is 107 Å². The number of hydrogen-bond donors (Lipinski definition) is 0. The first-order valence-corrected chi connectivity index (χ1v) is 42.9. The van der Waals surface area contributed by atoms with E-state index in [4.69, 9.17) is 0 Å². The third-order valence-corrected chi connectivity index (χ3v) is 21.2. The molecule has 15 heteroatoms. The molecule has 0 aliphatic rings. The monoisotopic (exact) mass is 2190 g/mol. The predicted molar refractivity (Wildman–Crippen MR) is 520 cm³/mol. The van der Waals surface area contributed by atoms with Gasteiger partial charge < -0.3 is 13.7 Å². The SMILES string of the molecule is CC(C)Cc1cccc(CC(C)C)c1-n1ccnc1-c1[c-]cccc1.CC(C)c1cccc(C(C)C)c1-n1ccnc1-c1[c-]cccc1.Cc1cccc(C)c1-n1ccnc1-c1[c-]cccc1.[Ir].[Ir].[Ir].[c-]1ccccc1B(c1ccccc1)c1ccccn1.[c-]1ccccc1B(c1ccccc1)c1ccccn1.[c-]1ccccc1B(c1ccccc1)c1ccccn1. The molecule has 0 fully saturated rings. The van der Waals surface area contributed by atoms with Gasteiger partial charge in [-0.1, -0.05) is 236 Å². The maximum atomic E-state index is 4.64. The number of benzene rings is 12. The molecule has 0 saturated carbocycles. The summed E-state index contributed by atoms with van der Waals surface area (Å²) < 4.78 is 6.61. The van der Waals surface area contributed by atoms with Crippen LogP contribution in [0.3, 0.4) is 0 Å². The van der Waals surface area contributed by atoms with Gasteiger partial charge in [-0.25, -0.2) is 0 Å². The molecule has 9 nitrogen and oxygen atoms in total. The molecule has 127 heavy (non-hydrogen) atoms. The Morgan fingerprint density at radius 3 is 0.827 bits per heavy atom. The van der Waals surface area contributed by atoms with E-state index in [1.165, 1.54) is 66.8 Å². The summed E-state index contributed by atoms with van der Waals surface area (Å²) in [5, 5.41) is 0. The van der Waals surface area contributed by atoms with Crippen LogP contribution in [-0.4, -0.2) is 63.7 Å². The van der Waals surface area contributed by atoms with Crippen LogP contribution in [0.15, 0.2) is 402 Å². The van der Waals surface area contributed by atoms with Crippen LogP contribution in [0.5, 0.6) is 0 Å². The van der Waals surface area contributed by atoms with Crippen molar-refractivity contribution in [2.45, 2.75) is 93.9 Å². The zero-order chi connectivity index (χ0) is 86.2. The van der Waals surface area contributed by atoms with Gasteiger partial charge in [0.2, 0.25) is 20.1 Å². The van der Waals surface area contributed by atoms with E-state index in [0.717, 1.165) is 80.2 Å². The second kappa shape index (κ2) is 50.3. The summed E-state index contributed by atoms with van der Waals surface area (Å²) in [7, 11) is 0. The zero-order valence-corrected chi connectivity index (χ0v) is 80.8. The summed E-state index contributed by atoms with van der Waals surface area (Å²) in [6.45, 7) is 22.8. The summed E-state index contributed by atoms with van der Waals surface area (Å²) in [5.74, 6) is 4.98. The summed E-state index contributed by atoms with van der Waals surface area (Å²) in [6, 6.07) is 137. The molecule has 0 amide bonds. The minimum Gasteiger partial charge on any atom is -0.340 e. The number of imidazole rings is 3. The number of hydrogen-bond acceptors (Lipinski definition) is 6. The average molecular weight is 2190 g/mol. The van der Waals surface area contributed by atoms with Crippen LogP contribution in [0.25, 0.3) is 51.2 Å². The molecular weight excluding hydrogens is 2080 g/mol. The van der Waals surface area contributed by atoms with E-state index in [1.54, 1.807) is 0 Å². The van der Waals surface area contributed by atoms with Crippen LogP contribution >= 0.6 is 0 Å². The summed E-state index contributed by atoms with van der Waals surface area (Å²) >= 11 is 0. The molecule has 0 bridgehead atoms. The van der Waals surface area contributed by atoms with Crippen LogP contribution in [0.1, 0.15) is 101 Å². The van der Waals surface area contributed by atoms with Crippen molar-refractivity contribution < 1.29 is 60.3 Å². The smallest absolute Gasteiger partial charge is 0.240 e. The number of aromatic nitrogens is 9. The molecule has 6 aromatic heterocycles. The van der Waals surface area contributed by atoms with Gasteiger partial charge in [0.25, 0.3) is 0 Å². The topological polar surface area (TPSA) is 92.1 Å². The Balaban J connectivity index is 0.000000159. The van der Waals surface area contributed by atoms with Crippen molar-refractivity contribution in [2.24, 2.45) is 11.8 Å². The van der Waals surface area contributed by atoms with Gasteiger partial charge >= 0.3 is 0 Å². The normalized spacial score (nSPS) is 10.4. The van der Waals surface area contributed by atoms with Gasteiger partial charge in [0.1, 0.15) is 0 Å². The van der Waals surface area contributed by atoms with Crippen molar-refractivity contribution in [1.82, 2.24) is 43.6 Å². The number of nitrogens with zero attached hydrogens (tertiary/aromatic N) is 9. The minimum atomic E-state index is 0. The van der Waals surface area contributed by atoms with E-state index in [2.05, 4.69) is 338 Å². The van der Waals surface area contributed by atoms with E-state index in [0.29, 0.717) is 23.7 Å². The van der Waals surface area contributed by atoms with Crippen LogP contribution in [0.2, 0.25) is 0 Å². The van der Waals surface area contributed by atoms with Gasteiger partial charge in [0.15, 0.2) is 0 Å². The standard InChI is InChI=1S/C23H27N2.C21H23N2.3C17H13BN.C17H15N2.3Ir/c1-17(2)15-20-11-8-12-21(16-18(3)4)22(20)25-14-13-24-23(25)19-9-6-5-7-10-19;1-15(2)18-11-8-12-19(16(3)4)20(18)23-14-13-22-21(23)17-9-6-5-7-10-17;3*1-3-9-15(10-4-1)18(16-11-5-2-6-12-16)17-13-7-8-14-19-17;1-13-7-6-8-14(2)16(13)19-12-11-18-17(19)15-9-4-3-5-10-15;;;/h5-9,11-14,17-18H,15-16H2,1-4H3;5-9,11-16H,1-4H3;3*1-11,13-14H;3-9,11-12H,1-2H3;;;/q6*-1;;;. The zero-order valence-electron chi connectivity index (χ0n) is 73.6. The van der Waals surface area contributed by atoms with E-state index in [1.807, 2.05) is 213 Å². The van der Waals surface area contributed by atoms with E-state index < -0.39 is 0 Å². The maximum absolute atomic E-state index is 4.64. The Morgan fingerprint density at radius 1 is 0.260 bits per heavy atom. The van der Waals surface area contributed by atoms with Gasteiger partial charge in [-0.15, -0.1) is 108 Å². The van der Waals surface area contributed by atoms with Gasteiger partial charge in [-0.05, 0) is 120 Å². The maximum Gasteiger partial charge on any atom is 0.240 e. The molecule has 0 saturated heterocycles. The van der Waals surface area contributed by atoms with Crippen LogP contribution in [-0.2, 0) is 73.2 Å². The van der Waals surface area contributed by atoms with Gasteiger partial charge in [-0.3, -0.25) is 29.9 Å². The van der Waals surface area contributed by atoms with Crippen LogP contribution < -0.4 is 49.6 Å². The molecule has 6 heterocycles. The third kappa shape index (κ3) is 26.5. The Labute approximate surface area is 795 Å². The molecule has 0 atom stereocenters. The Hall–Kier alpha value is -12.1. The summed E-state index contributed by atoms with van der Waals surface area (Å²) in [5.41, 5.74) is 25.1. The summed E-state index contributed by atoms with van der Waals surface area (Å²) in [6.07, 6.45) is 19.4. The van der Waals surface area contributed by atoms with E-state index >= 15 is 0 Å². The molecule has 0 spiro atoms. The Kier molecular flexibility index (Phi) is 38.4. The quantitative estimate of drug-likeness (QED) is 0.0526. The molecule has 18 aromatic rings. The number of rotatable bonds is 21.